The molecule has 0 fully saturated rings. The second kappa shape index (κ2) is 10.2. The van der Waals surface area contributed by atoms with Crippen LogP contribution in [-0.2, 0) is 13.2 Å². The van der Waals surface area contributed by atoms with Crippen molar-refractivity contribution >= 4 is 10.8 Å². The van der Waals surface area contributed by atoms with Crippen molar-refractivity contribution in [1.29, 1.82) is 0 Å². The van der Waals surface area contributed by atoms with Gasteiger partial charge in [0, 0.05) is 37.3 Å². The molecule has 3 rings (SSSR count). The molecule has 0 heterocycles. The van der Waals surface area contributed by atoms with Crippen molar-refractivity contribution in [2.45, 2.75) is 26.2 Å². The first-order valence-corrected chi connectivity index (χ1v) is 9.61. The Kier molecular flexibility index (Phi) is 7.37. The standard InChI is InChI=1S/C23H27FN2O2/c1-17(27)14-25-12-13-26-15-21-20-8-4-2-6-18(20)10-11-23(21)28-16-19-7-3-5-9-22(19)24/h2-11,17,25-27H,12-16H2,1H3/t17-/m0/s1. The fourth-order valence-corrected chi connectivity index (χ4v) is 3.11. The van der Waals surface area contributed by atoms with Gasteiger partial charge in [-0.15, -0.1) is 0 Å². The SMILES string of the molecule is C[C@H](O)CNCCNCc1c(OCc2ccccc2F)ccc2ccccc12. The third-order valence-corrected chi connectivity index (χ3v) is 4.56. The molecule has 0 saturated carbocycles. The Hall–Kier alpha value is -2.47. The first-order valence-electron chi connectivity index (χ1n) is 9.61. The number of benzene rings is 3. The Labute approximate surface area is 165 Å². The van der Waals surface area contributed by atoms with Gasteiger partial charge < -0.3 is 20.5 Å². The van der Waals surface area contributed by atoms with Crippen molar-refractivity contribution < 1.29 is 14.2 Å². The molecule has 148 valence electrons. The summed E-state index contributed by atoms with van der Waals surface area (Å²) in [7, 11) is 0. The van der Waals surface area contributed by atoms with E-state index >= 15 is 0 Å². The van der Waals surface area contributed by atoms with E-state index in [0.29, 0.717) is 18.7 Å². The minimum atomic E-state index is -0.351. The second-order valence-electron chi connectivity index (χ2n) is 6.87. The lowest BCUT2D eigenvalue weighted by Crippen LogP contribution is -2.31. The molecule has 5 heteroatoms. The highest BCUT2D eigenvalue weighted by atomic mass is 19.1. The quantitative estimate of drug-likeness (QED) is 0.469. The highest BCUT2D eigenvalue weighted by Crippen LogP contribution is 2.29. The van der Waals surface area contributed by atoms with Crippen LogP contribution in [0, 0.1) is 5.82 Å². The van der Waals surface area contributed by atoms with E-state index in [-0.39, 0.29) is 18.5 Å². The van der Waals surface area contributed by atoms with E-state index in [0.717, 1.165) is 35.2 Å². The zero-order chi connectivity index (χ0) is 19.8. The van der Waals surface area contributed by atoms with Gasteiger partial charge in [0.15, 0.2) is 0 Å². The topological polar surface area (TPSA) is 53.5 Å². The number of hydrogen-bond donors (Lipinski definition) is 3. The van der Waals surface area contributed by atoms with E-state index in [9.17, 15) is 9.50 Å². The Morgan fingerprint density at radius 2 is 1.71 bits per heavy atom. The number of aliphatic hydroxyl groups excluding tert-OH is 1. The van der Waals surface area contributed by atoms with Crippen LogP contribution >= 0.6 is 0 Å². The van der Waals surface area contributed by atoms with Gasteiger partial charge >= 0.3 is 0 Å². The molecule has 0 saturated heterocycles. The molecule has 28 heavy (non-hydrogen) atoms. The number of ether oxygens (including phenoxy) is 1. The summed E-state index contributed by atoms with van der Waals surface area (Å²) in [6.07, 6.45) is -0.351. The molecule has 0 aliphatic heterocycles. The van der Waals surface area contributed by atoms with Crippen molar-refractivity contribution in [3.8, 4) is 5.75 Å². The number of rotatable bonds is 10. The highest BCUT2D eigenvalue weighted by molar-refractivity contribution is 5.87. The van der Waals surface area contributed by atoms with E-state index in [4.69, 9.17) is 4.74 Å². The summed E-state index contributed by atoms with van der Waals surface area (Å²) in [4.78, 5) is 0. The van der Waals surface area contributed by atoms with Gasteiger partial charge in [0.1, 0.15) is 18.2 Å². The third kappa shape index (κ3) is 5.52. The van der Waals surface area contributed by atoms with Gasteiger partial charge in [-0.2, -0.15) is 0 Å². The van der Waals surface area contributed by atoms with Crippen LogP contribution in [0.5, 0.6) is 5.75 Å². The van der Waals surface area contributed by atoms with E-state index in [1.165, 1.54) is 6.07 Å². The van der Waals surface area contributed by atoms with Gasteiger partial charge in [-0.05, 0) is 29.8 Å². The van der Waals surface area contributed by atoms with Crippen molar-refractivity contribution in [3.63, 3.8) is 0 Å². The molecule has 1 atom stereocenters. The minimum absolute atomic E-state index is 0.188. The van der Waals surface area contributed by atoms with Crippen LogP contribution < -0.4 is 15.4 Å². The van der Waals surface area contributed by atoms with Gasteiger partial charge in [0.2, 0.25) is 0 Å². The molecular formula is C23H27FN2O2. The monoisotopic (exact) mass is 382 g/mol. The molecule has 0 amide bonds. The first-order chi connectivity index (χ1) is 13.6. The lowest BCUT2D eigenvalue weighted by atomic mass is 10.0. The molecule has 3 N–H and O–H groups in total. The largest absolute Gasteiger partial charge is 0.488 e. The molecule has 0 radical (unpaired) electrons. The lowest BCUT2D eigenvalue weighted by Gasteiger charge is -2.16. The van der Waals surface area contributed by atoms with Gasteiger partial charge in [-0.3, -0.25) is 0 Å². The van der Waals surface area contributed by atoms with Crippen molar-refractivity contribution in [2.75, 3.05) is 19.6 Å². The summed E-state index contributed by atoms with van der Waals surface area (Å²) in [5.74, 6) is 0.499. The summed E-state index contributed by atoms with van der Waals surface area (Å²) in [6.45, 7) is 4.70. The molecule has 0 aliphatic rings. The summed E-state index contributed by atoms with van der Waals surface area (Å²) < 4.78 is 19.9. The fourth-order valence-electron chi connectivity index (χ4n) is 3.11. The van der Waals surface area contributed by atoms with Crippen LogP contribution in [0.4, 0.5) is 4.39 Å². The van der Waals surface area contributed by atoms with Crippen molar-refractivity contribution in [3.05, 3.63) is 77.6 Å². The van der Waals surface area contributed by atoms with Crippen LogP contribution in [0.15, 0.2) is 60.7 Å². The maximum absolute atomic E-state index is 13.9. The Bertz CT molecular complexity index is 899. The number of halogens is 1. The van der Waals surface area contributed by atoms with Gasteiger partial charge in [0.05, 0.1) is 6.10 Å². The van der Waals surface area contributed by atoms with Crippen molar-refractivity contribution in [2.24, 2.45) is 0 Å². The molecular weight excluding hydrogens is 355 g/mol. The van der Waals surface area contributed by atoms with Gasteiger partial charge in [-0.1, -0.05) is 48.5 Å². The zero-order valence-electron chi connectivity index (χ0n) is 16.1. The van der Waals surface area contributed by atoms with Crippen LogP contribution in [0.3, 0.4) is 0 Å². The predicted molar refractivity (Wildman–Crippen MR) is 111 cm³/mol. The van der Waals surface area contributed by atoms with E-state index in [1.54, 1.807) is 19.1 Å². The van der Waals surface area contributed by atoms with E-state index < -0.39 is 0 Å². The van der Waals surface area contributed by atoms with Crippen LogP contribution in [0.2, 0.25) is 0 Å². The Morgan fingerprint density at radius 1 is 0.964 bits per heavy atom. The molecule has 0 bridgehead atoms. The fraction of sp³-hybridized carbons (Fsp3) is 0.304. The van der Waals surface area contributed by atoms with Crippen LogP contribution in [-0.4, -0.2) is 30.8 Å². The molecule has 0 aromatic heterocycles. The average molecular weight is 382 g/mol. The normalized spacial score (nSPS) is 12.2. The second-order valence-corrected chi connectivity index (χ2v) is 6.87. The van der Waals surface area contributed by atoms with Gasteiger partial charge in [0.25, 0.3) is 0 Å². The smallest absolute Gasteiger partial charge is 0.129 e. The summed E-state index contributed by atoms with van der Waals surface area (Å²) in [6, 6.07) is 18.8. The summed E-state index contributed by atoms with van der Waals surface area (Å²) in [5, 5.41) is 18.2. The van der Waals surface area contributed by atoms with Gasteiger partial charge in [-0.25, -0.2) is 4.39 Å². The summed E-state index contributed by atoms with van der Waals surface area (Å²) in [5.41, 5.74) is 1.60. The number of hydrogen-bond acceptors (Lipinski definition) is 4. The lowest BCUT2D eigenvalue weighted by molar-refractivity contribution is 0.191. The zero-order valence-corrected chi connectivity index (χ0v) is 16.1. The number of fused-ring (bicyclic) bond motifs is 1. The number of nitrogens with one attached hydrogen (secondary N) is 2. The maximum Gasteiger partial charge on any atom is 0.129 e. The summed E-state index contributed by atoms with van der Waals surface area (Å²) >= 11 is 0. The Balaban J connectivity index is 1.70. The van der Waals surface area contributed by atoms with E-state index in [2.05, 4.69) is 22.8 Å². The molecule has 0 unspecified atom stereocenters. The average Bonchev–Trinajstić information content (AvgIpc) is 2.70. The third-order valence-electron chi connectivity index (χ3n) is 4.56. The predicted octanol–water partition coefficient (Wildman–Crippen LogP) is 3.62. The van der Waals surface area contributed by atoms with Crippen LogP contribution in [0.25, 0.3) is 10.8 Å². The molecule has 3 aromatic carbocycles. The van der Waals surface area contributed by atoms with Crippen molar-refractivity contribution in [1.82, 2.24) is 10.6 Å². The van der Waals surface area contributed by atoms with Crippen LogP contribution in [0.1, 0.15) is 18.1 Å². The highest BCUT2D eigenvalue weighted by Gasteiger charge is 2.10. The molecule has 0 spiro atoms. The molecule has 0 aliphatic carbocycles. The first kappa shape index (κ1) is 20.3. The Morgan fingerprint density at radius 3 is 2.54 bits per heavy atom. The molecule has 3 aromatic rings. The molecule has 4 nitrogen and oxygen atoms in total. The minimum Gasteiger partial charge on any atom is -0.488 e. The number of aliphatic hydroxyl groups is 1. The maximum atomic E-state index is 13.9. The van der Waals surface area contributed by atoms with E-state index in [1.807, 2.05) is 30.3 Å².